The lowest BCUT2D eigenvalue weighted by molar-refractivity contribution is -0.166. The van der Waals surface area contributed by atoms with E-state index in [0.717, 1.165) is 11.1 Å². The highest BCUT2D eigenvalue weighted by molar-refractivity contribution is 7.92. The van der Waals surface area contributed by atoms with Crippen molar-refractivity contribution in [2.75, 3.05) is 7.11 Å². The van der Waals surface area contributed by atoms with Crippen LogP contribution in [0.4, 0.5) is 0 Å². The molecule has 0 aliphatic rings. The number of aliphatic carboxylic acids is 1. The number of nitrogens with two attached hydrogens (primary N) is 1. The topological polar surface area (TPSA) is 116 Å². The molecule has 0 aromatic heterocycles. The molecular formula is C31H27NO6S. The van der Waals surface area contributed by atoms with Crippen molar-refractivity contribution >= 4 is 15.8 Å². The van der Waals surface area contributed by atoms with Crippen molar-refractivity contribution in [1.29, 1.82) is 0 Å². The molecule has 0 spiro atoms. The molecule has 3 N–H and O–H groups in total. The van der Waals surface area contributed by atoms with E-state index in [9.17, 15) is 18.3 Å². The van der Waals surface area contributed by atoms with Gasteiger partial charge in [0.15, 0.2) is 15.1 Å². The summed E-state index contributed by atoms with van der Waals surface area (Å²) in [5, 5.41) is 8.21. The Morgan fingerprint density at radius 2 is 1.41 bits per heavy atom. The number of carboxylic acids is 1. The predicted molar refractivity (Wildman–Crippen MR) is 149 cm³/mol. The molecular weight excluding hydrogens is 514 g/mol. The number of methoxy groups -OCH3 is 1. The van der Waals surface area contributed by atoms with Crippen LogP contribution >= 0.6 is 0 Å². The van der Waals surface area contributed by atoms with Crippen LogP contribution in [0.25, 0.3) is 11.1 Å². The largest absolute Gasteiger partial charge is 0.497 e. The maximum atomic E-state index is 13.9. The van der Waals surface area contributed by atoms with Crippen LogP contribution in [0, 0.1) is 11.8 Å². The number of hydrogen-bond donors (Lipinski definition) is 2. The van der Waals surface area contributed by atoms with Gasteiger partial charge in [-0.05, 0) is 53.1 Å². The van der Waals surface area contributed by atoms with Crippen molar-refractivity contribution in [3.05, 3.63) is 120 Å². The first-order valence-electron chi connectivity index (χ1n) is 12.0. The van der Waals surface area contributed by atoms with Gasteiger partial charge in [0.25, 0.3) is 0 Å². The third-order valence-corrected chi connectivity index (χ3v) is 8.10. The van der Waals surface area contributed by atoms with E-state index >= 15 is 0 Å². The zero-order valence-electron chi connectivity index (χ0n) is 21.2. The Morgan fingerprint density at radius 1 is 0.872 bits per heavy atom. The molecule has 39 heavy (non-hydrogen) atoms. The number of sulfone groups is 1. The van der Waals surface area contributed by atoms with Crippen molar-refractivity contribution in [3.8, 4) is 28.7 Å². The van der Waals surface area contributed by atoms with Gasteiger partial charge in [0, 0.05) is 5.56 Å². The van der Waals surface area contributed by atoms with E-state index in [-0.39, 0.29) is 11.5 Å². The molecule has 0 unspecified atom stereocenters. The van der Waals surface area contributed by atoms with Gasteiger partial charge in [-0.2, -0.15) is 0 Å². The molecule has 0 bridgehead atoms. The molecule has 0 saturated carbocycles. The maximum Gasteiger partial charge on any atom is 0.353 e. The monoisotopic (exact) mass is 541 g/mol. The fourth-order valence-electron chi connectivity index (χ4n) is 3.87. The van der Waals surface area contributed by atoms with Gasteiger partial charge >= 0.3 is 5.97 Å². The Morgan fingerprint density at radius 3 is 1.95 bits per heavy atom. The molecule has 8 heteroatoms. The first kappa shape index (κ1) is 27.6. The van der Waals surface area contributed by atoms with Crippen molar-refractivity contribution in [1.82, 2.24) is 0 Å². The summed E-state index contributed by atoms with van der Waals surface area (Å²) in [5.41, 5.74) is 6.34. The molecule has 0 saturated heterocycles. The zero-order valence-corrected chi connectivity index (χ0v) is 22.0. The van der Waals surface area contributed by atoms with E-state index < -0.39 is 26.8 Å². The zero-order chi connectivity index (χ0) is 27.9. The van der Waals surface area contributed by atoms with E-state index in [4.69, 9.17) is 15.2 Å². The molecule has 0 fully saturated rings. The summed E-state index contributed by atoms with van der Waals surface area (Å²) in [4.78, 5) is 12.3. The molecule has 0 aliphatic carbocycles. The van der Waals surface area contributed by atoms with E-state index in [1.807, 2.05) is 12.1 Å². The van der Waals surface area contributed by atoms with Crippen molar-refractivity contribution in [2.45, 2.75) is 22.5 Å². The minimum Gasteiger partial charge on any atom is -0.497 e. The number of rotatable bonds is 9. The Kier molecular flexibility index (Phi) is 8.47. The van der Waals surface area contributed by atoms with Crippen molar-refractivity contribution in [2.24, 2.45) is 5.73 Å². The van der Waals surface area contributed by atoms with Crippen LogP contribution in [0.3, 0.4) is 0 Å². The number of ether oxygens (including phenoxy) is 2. The van der Waals surface area contributed by atoms with Crippen LogP contribution in [0.5, 0.6) is 5.75 Å². The Balaban J connectivity index is 1.74. The Hall–Kier alpha value is -4.42. The molecule has 7 nitrogen and oxygen atoms in total. The highest BCUT2D eigenvalue weighted by atomic mass is 32.2. The average Bonchev–Trinajstić information content (AvgIpc) is 2.97. The highest BCUT2D eigenvalue weighted by Crippen LogP contribution is 2.29. The minimum absolute atomic E-state index is 0.133. The summed E-state index contributed by atoms with van der Waals surface area (Å²) >= 11 is 0. The summed E-state index contributed by atoms with van der Waals surface area (Å²) in [6.07, 6.45) is 0. The summed E-state index contributed by atoms with van der Waals surface area (Å²) in [5.74, 6) is 4.42. The van der Waals surface area contributed by atoms with E-state index in [1.165, 1.54) is 12.1 Å². The lowest BCUT2D eigenvalue weighted by Gasteiger charge is -2.30. The molecule has 4 aromatic rings. The lowest BCUT2D eigenvalue weighted by atomic mass is 10.1. The molecule has 2 atom stereocenters. The third-order valence-electron chi connectivity index (χ3n) is 6.08. The van der Waals surface area contributed by atoms with Gasteiger partial charge in [-0.25, -0.2) is 13.2 Å². The number of hydrogen-bond acceptors (Lipinski definition) is 6. The summed E-state index contributed by atoms with van der Waals surface area (Å²) < 4.78 is 38.6. The number of carboxylic acid groups (broad SMARTS) is 1. The predicted octanol–water partition coefficient (Wildman–Crippen LogP) is 4.51. The Bertz CT molecular complexity index is 1580. The summed E-state index contributed by atoms with van der Waals surface area (Å²) in [6, 6.07) is 30.8. The quantitative estimate of drug-likeness (QED) is 0.237. The van der Waals surface area contributed by atoms with Gasteiger partial charge in [0.1, 0.15) is 5.75 Å². The van der Waals surface area contributed by atoms with Crippen LogP contribution in [-0.2, 0) is 26.0 Å². The molecule has 4 aromatic carbocycles. The van der Waals surface area contributed by atoms with Crippen LogP contribution < -0.4 is 10.5 Å². The third kappa shape index (κ3) is 6.36. The first-order valence-corrected chi connectivity index (χ1v) is 13.5. The molecule has 4 rings (SSSR count). The van der Waals surface area contributed by atoms with Gasteiger partial charge in [0.05, 0.1) is 18.6 Å². The molecule has 0 amide bonds. The first-order chi connectivity index (χ1) is 18.7. The normalized spacial score (nSPS) is 13.4. The van der Waals surface area contributed by atoms with Gasteiger partial charge in [-0.1, -0.05) is 84.6 Å². The van der Waals surface area contributed by atoms with E-state index in [0.29, 0.717) is 16.9 Å². The van der Waals surface area contributed by atoms with E-state index in [1.54, 1.807) is 92.0 Å². The molecule has 0 radical (unpaired) electrons. The standard InChI is InChI=1S/C31H27NO6S/c1-37-27-17-13-25(14-18-27)26-15-19-28(20-16-26)39(35,36)29(21-12-23-8-4-2-5-9-23)31(32,30(33)34)38-22-24-10-6-3-7-11-24/h2-11,13-20,29H,22,32H2,1H3,(H,33,34)/t29-,31-/m0/s1. The Labute approximate surface area is 227 Å². The highest BCUT2D eigenvalue weighted by Gasteiger charge is 2.51. The van der Waals surface area contributed by atoms with Crippen LogP contribution in [0.15, 0.2) is 114 Å². The second-order valence-corrected chi connectivity index (χ2v) is 10.7. The number of carbonyl (C=O) groups is 1. The second-order valence-electron chi connectivity index (χ2n) is 8.69. The fourth-order valence-corrected chi connectivity index (χ4v) is 5.50. The van der Waals surface area contributed by atoms with E-state index in [2.05, 4.69) is 11.8 Å². The SMILES string of the molecule is COc1ccc(-c2ccc(S(=O)(=O)[C@@H](C#Cc3ccccc3)[C@](N)(OCc3ccccc3)C(=O)O)cc2)cc1. The lowest BCUT2D eigenvalue weighted by Crippen LogP contribution is -2.61. The smallest absolute Gasteiger partial charge is 0.353 e. The minimum atomic E-state index is -4.41. The maximum absolute atomic E-state index is 13.9. The van der Waals surface area contributed by atoms with Crippen LogP contribution in [0.1, 0.15) is 11.1 Å². The second kappa shape index (κ2) is 12.0. The summed E-state index contributed by atoms with van der Waals surface area (Å²) in [7, 11) is -2.84. The average molecular weight is 542 g/mol. The molecule has 0 aliphatic heterocycles. The van der Waals surface area contributed by atoms with Gasteiger partial charge < -0.3 is 14.6 Å². The van der Waals surface area contributed by atoms with Crippen molar-refractivity contribution < 1.29 is 27.8 Å². The molecule has 0 heterocycles. The van der Waals surface area contributed by atoms with Gasteiger partial charge in [0.2, 0.25) is 5.72 Å². The van der Waals surface area contributed by atoms with Gasteiger partial charge in [-0.15, -0.1) is 0 Å². The van der Waals surface area contributed by atoms with Crippen molar-refractivity contribution in [3.63, 3.8) is 0 Å². The molecule has 198 valence electrons. The van der Waals surface area contributed by atoms with Gasteiger partial charge in [-0.3, -0.25) is 5.73 Å². The van der Waals surface area contributed by atoms with Crippen LogP contribution in [0.2, 0.25) is 0 Å². The number of benzene rings is 4. The fraction of sp³-hybridized carbons (Fsp3) is 0.129. The summed E-state index contributed by atoms with van der Waals surface area (Å²) in [6.45, 7) is -0.223. The van der Waals surface area contributed by atoms with Crippen LogP contribution in [-0.4, -0.2) is 37.6 Å².